The molecule has 0 rings (SSSR count). The monoisotopic (exact) mass is 151 g/mol. The van der Waals surface area contributed by atoms with Crippen molar-refractivity contribution in [2.75, 3.05) is 27.8 Å². The molecule has 2 heteroatoms. The maximum absolute atomic E-state index is 9.50. The molecular formula is C8H22FN. The van der Waals surface area contributed by atoms with E-state index in [2.05, 4.69) is 25.9 Å². The SMILES string of the molecule is CC.CCCN(C)C.CF. The Balaban J connectivity index is -0.000000105. The van der Waals surface area contributed by atoms with Gasteiger partial charge in [0.1, 0.15) is 0 Å². The van der Waals surface area contributed by atoms with Crippen LogP contribution in [-0.2, 0) is 0 Å². The Morgan fingerprint density at radius 1 is 1.10 bits per heavy atom. The second-order valence-corrected chi connectivity index (χ2v) is 1.80. The van der Waals surface area contributed by atoms with E-state index in [-0.39, 0.29) is 0 Å². The molecule has 0 N–H and O–H groups in total. The molecule has 0 aliphatic carbocycles. The van der Waals surface area contributed by atoms with Crippen molar-refractivity contribution >= 4 is 0 Å². The Hall–Kier alpha value is -0.110. The largest absolute Gasteiger partial charge is 0.309 e. The minimum atomic E-state index is 0.500. The summed E-state index contributed by atoms with van der Waals surface area (Å²) in [7, 11) is 4.67. The summed E-state index contributed by atoms with van der Waals surface area (Å²) >= 11 is 0. The van der Waals surface area contributed by atoms with Crippen LogP contribution in [-0.4, -0.2) is 32.7 Å². The van der Waals surface area contributed by atoms with Crippen LogP contribution in [0.5, 0.6) is 0 Å². The fourth-order valence-corrected chi connectivity index (χ4v) is 0.447. The highest BCUT2D eigenvalue weighted by molar-refractivity contribution is 4.34. The molecule has 66 valence electrons. The normalized spacial score (nSPS) is 7.20. The van der Waals surface area contributed by atoms with Crippen LogP contribution >= 0.6 is 0 Å². The molecule has 0 aromatic rings. The number of rotatable bonds is 2. The topological polar surface area (TPSA) is 3.24 Å². The molecule has 0 atom stereocenters. The first-order valence-corrected chi connectivity index (χ1v) is 3.80. The Morgan fingerprint density at radius 3 is 1.40 bits per heavy atom. The molecule has 0 saturated heterocycles. The van der Waals surface area contributed by atoms with Crippen molar-refractivity contribution in [2.24, 2.45) is 0 Å². The van der Waals surface area contributed by atoms with Crippen molar-refractivity contribution in [3.05, 3.63) is 0 Å². The molecule has 0 bridgehead atoms. The summed E-state index contributed by atoms with van der Waals surface area (Å²) in [6, 6.07) is 0. The first-order chi connectivity index (χ1) is 4.77. The fraction of sp³-hybridized carbons (Fsp3) is 1.00. The molecule has 0 aromatic heterocycles. The van der Waals surface area contributed by atoms with Gasteiger partial charge >= 0.3 is 0 Å². The van der Waals surface area contributed by atoms with Gasteiger partial charge in [-0.3, -0.25) is 4.39 Å². The summed E-state index contributed by atoms with van der Waals surface area (Å²) in [6.45, 7) is 7.39. The third-order valence-electron chi connectivity index (χ3n) is 0.671. The number of alkyl halides is 1. The maximum Gasteiger partial charge on any atom is 0.0785 e. The van der Waals surface area contributed by atoms with Gasteiger partial charge < -0.3 is 4.90 Å². The van der Waals surface area contributed by atoms with Crippen molar-refractivity contribution in [1.29, 1.82) is 0 Å². The van der Waals surface area contributed by atoms with Gasteiger partial charge in [0.15, 0.2) is 0 Å². The number of hydrogen-bond donors (Lipinski definition) is 0. The molecule has 0 fully saturated rings. The van der Waals surface area contributed by atoms with Crippen molar-refractivity contribution in [1.82, 2.24) is 4.90 Å². The molecule has 0 heterocycles. The van der Waals surface area contributed by atoms with Crippen LogP contribution in [0.4, 0.5) is 4.39 Å². The zero-order valence-corrected chi connectivity index (χ0v) is 8.24. The third kappa shape index (κ3) is 44.8. The van der Waals surface area contributed by atoms with Crippen molar-refractivity contribution in [3.63, 3.8) is 0 Å². The lowest BCUT2D eigenvalue weighted by Gasteiger charge is -2.03. The minimum absolute atomic E-state index is 0.500. The van der Waals surface area contributed by atoms with Crippen LogP contribution in [0.15, 0.2) is 0 Å². The van der Waals surface area contributed by atoms with Crippen molar-refractivity contribution < 1.29 is 4.39 Å². The first-order valence-electron chi connectivity index (χ1n) is 3.80. The highest BCUT2D eigenvalue weighted by Gasteiger charge is 1.79. The standard InChI is InChI=1S/C5H13N.C2H6.CH3F/c1-4-5-6(2)3;2*1-2/h4-5H2,1-3H3;1-2H3;1H3. The number of hydrogen-bond acceptors (Lipinski definition) is 1. The molecule has 0 aliphatic rings. The lowest BCUT2D eigenvalue weighted by atomic mass is 10.5. The van der Waals surface area contributed by atoms with Crippen molar-refractivity contribution in [3.8, 4) is 0 Å². The predicted molar refractivity (Wildman–Crippen MR) is 47.2 cm³/mol. The molecule has 1 nitrogen and oxygen atoms in total. The Labute approximate surface area is 65.2 Å². The summed E-state index contributed by atoms with van der Waals surface area (Å²) in [6.07, 6.45) is 1.26. The zero-order valence-electron chi connectivity index (χ0n) is 8.24. The summed E-state index contributed by atoms with van der Waals surface area (Å²) < 4.78 is 9.50. The molecule has 0 aromatic carbocycles. The molecule has 0 saturated carbocycles. The number of nitrogens with zero attached hydrogens (tertiary/aromatic N) is 1. The predicted octanol–water partition coefficient (Wildman–Crippen LogP) is 2.57. The minimum Gasteiger partial charge on any atom is -0.309 e. The van der Waals surface area contributed by atoms with Gasteiger partial charge in [-0.1, -0.05) is 20.8 Å². The third-order valence-corrected chi connectivity index (χ3v) is 0.671. The van der Waals surface area contributed by atoms with Crippen LogP contribution < -0.4 is 0 Å². The quantitative estimate of drug-likeness (QED) is 0.586. The Kier molecular flexibility index (Phi) is 38.1. The Morgan fingerprint density at radius 2 is 1.40 bits per heavy atom. The molecule has 0 amide bonds. The first kappa shape index (κ1) is 16.5. The summed E-state index contributed by atoms with van der Waals surface area (Å²) in [5.74, 6) is 0. The average molecular weight is 151 g/mol. The van der Waals surface area contributed by atoms with Crippen LogP contribution in [0, 0.1) is 0 Å². The van der Waals surface area contributed by atoms with E-state index in [1.54, 1.807) is 0 Å². The lowest BCUT2D eigenvalue weighted by molar-refractivity contribution is 0.408. The average Bonchev–Trinajstić information content (AvgIpc) is 1.96. The van der Waals surface area contributed by atoms with Gasteiger partial charge in [0.2, 0.25) is 0 Å². The summed E-state index contributed by atoms with van der Waals surface area (Å²) in [5.41, 5.74) is 0. The van der Waals surface area contributed by atoms with Gasteiger partial charge in [0.05, 0.1) is 7.18 Å². The van der Waals surface area contributed by atoms with Gasteiger partial charge in [0.25, 0.3) is 0 Å². The molecular weight excluding hydrogens is 129 g/mol. The lowest BCUT2D eigenvalue weighted by Crippen LogP contribution is -2.11. The molecule has 0 spiro atoms. The van der Waals surface area contributed by atoms with Gasteiger partial charge in [-0.25, -0.2) is 0 Å². The van der Waals surface area contributed by atoms with E-state index in [0.29, 0.717) is 7.18 Å². The summed E-state index contributed by atoms with van der Waals surface area (Å²) in [5, 5.41) is 0. The molecule has 10 heavy (non-hydrogen) atoms. The fourth-order valence-electron chi connectivity index (χ4n) is 0.447. The van der Waals surface area contributed by atoms with Gasteiger partial charge in [0, 0.05) is 0 Å². The van der Waals surface area contributed by atoms with E-state index in [0.717, 1.165) is 0 Å². The maximum atomic E-state index is 9.50. The number of halogens is 1. The molecule has 0 aliphatic heterocycles. The second kappa shape index (κ2) is 23.1. The van der Waals surface area contributed by atoms with E-state index in [4.69, 9.17) is 0 Å². The van der Waals surface area contributed by atoms with Crippen LogP contribution in [0.25, 0.3) is 0 Å². The smallest absolute Gasteiger partial charge is 0.0785 e. The summed E-state index contributed by atoms with van der Waals surface area (Å²) in [4.78, 5) is 2.18. The highest BCUT2D eigenvalue weighted by atomic mass is 19.1. The van der Waals surface area contributed by atoms with Gasteiger partial charge in [-0.2, -0.15) is 0 Å². The van der Waals surface area contributed by atoms with E-state index in [1.165, 1.54) is 13.0 Å². The molecule has 0 radical (unpaired) electrons. The van der Waals surface area contributed by atoms with Crippen LogP contribution in [0.3, 0.4) is 0 Å². The van der Waals surface area contributed by atoms with E-state index in [1.807, 2.05) is 13.8 Å². The van der Waals surface area contributed by atoms with Gasteiger partial charge in [-0.05, 0) is 27.1 Å². The Bertz CT molecular complexity index is 30.4. The van der Waals surface area contributed by atoms with Crippen LogP contribution in [0.2, 0.25) is 0 Å². The van der Waals surface area contributed by atoms with E-state index in [9.17, 15) is 4.39 Å². The van der Waals surface area contributed by atoms with Crippen molar-refractivity contribution in [2.45, 2.75) is 27.2 Å². The zero-order chi connectivity index (χ0) is 8.99. The second-order valence-electron chi connectivity index (χ2n) is 1.80. The van der Waals surface area contributed by atoms with Gasteiger partial charge in [-0.15, -0.1) is 0 Å². The van der Waals surface area contributed by atoms with E-state index >= 15 is 0 Å². The highest BCUT2D eigenvalue weighted by Crippen LogP contribution is 1.76. The molecule has 0 unspecified atom stereocenters. The van der Waals surface area contributed by atoms with Crippen LogP contribution in [0.1, 0.15) is 27.2 Å². The van der Waals surface area contributed by atoms with E-state index < -0.39 is 0 Å².